The third kappa shape index (κ3) is 4.64. The van der Waals surface area contributed by atoms with Gasteiger partial charge >= 0.3 is 5.97 Å². The Kier molecular flexibility index (Phi) is 7.07. The highest BCUT2D eigenvalue weighted by Crippen LogP contribution is 2.48. The molecular formula is C30H34N2O5. The molecule has 1 unspecified atom stereocenters. The molecule has 1 aliphatic rings. The number of nitrogens with zero attached hydrogens (tertiary/aromatic N) is 2. The van der Waals surface area contributed by atoms with Crippen LogP contribution in [0.2, 0.25) is 0 Å². The fourth-order valence-corrected chi connectivity index (χ4v) is 5.50. The van der Waals surface area contributed by atoms with Crippen molar-refractivity contribution in [3.63, 3.8) is 0 Å². The smallest absolute Gasteiger partial charge is 0.342 e. The summed E-state index contributed by atoms with van der Waals surface area (Å²) in [7, 11) is 0. The lowest BCUT2D eigenvalue weighted by Gasteiger charge is -2.36. The molecule has 1 aliphatic heterocycles. The number of benzene rings is 2. The van der Waals surface area contributed by atoms with Gasteiger partial charge in [0.05, 0.1) is 18.8 Å². The van der Waals surface area contributed by atoms with Crippen molar-refractivity contribution < 1.29 is 23.8 Å². The predicted octanol–water partition coefficient (Wildman–Crippen LogP) is 6.53. The number of carbonyl (C=O) groups excluding carboxylic acids is 1. The molecule has 0 bridgehead atoms. The second-order valence-electron chi connectivity index (χ2n) is 9.86. The second kappa shape index (κ2) is 10.4. The Hall–Kier alpha value is -3.58. The van der Waals surface area contributed by atoms with E-state index in [1.54, 1.807) is 20.0 Å². The number of pyridine rings is 1. The van der Waals surface area contributed by atoms with Crippen LogP contribution in [-0.4, -0.2) is 46.8 Å². The van der Waals surface area contributed by atoms with Crippen molar-refractivity contribution in [1.82, 2.24) is 9.88 Å². The molecule has 1 atom stereocenters. The van der Waals surface area contributed by atoms with Gasteiger partial charge in [-0.1, -0.05) is 30.7 Å². The Morgan fingerprint density at radius 1 is 1.14 bits per heavy atom. The minimum atomic E-state index is -0.453. The van der Waals surface area contributed by atoms with Crippen LogP contribution < -0.4 is 4.74 Å². The first-order chi connectivity index (χ1) is 17.9. The molecule has 7 heteroatoms. The van der Waals surface area contributed by atoms with Crippen LogP contribution in [0.15, 0.2) is 47.0 Å². The van der Waals surface area contributed by atoms with Crippen LogP contribution in [-0.2, 0) is 4.74 Å². The number of furan rings is 1. The maximum atomic E-state index is 13.2. The van der Waals surface area contributed by atoms with Gasteiger partial charge in [-0.25, -0.2) is 9.78 Å². The molecule has 7 nitrogen and oxygen atoms in total. The van der Waals surface area contributed by atoms with Gasteiger partial charge in [0.2, 0.25) is 5.88 Å². The van der Waals surface area contributed by atoms with Crippen molar-refractivity contribution in [2.45, 2.75) is 59.1 Å². The molecule has 0 saturated carbocycles. The van der Waals surface area contributed by atoms with Gasteiger partial charge in [-0.05, 0) is 65.3 Å². The summed E-state index contributed by atoms with van der Waals surface area (Å²) in [4.78, 5) is 20.0. The highest BCUT2D eigenvalue weighted by Gasteiger charge is 2.34. The highest BCUT2D eigenvalue weighted by molar-refractivity contribution is 6.16. The Balaban J connectivity index is 1.85. The molecular weight excluding hydrogens is 468 g/mol. The van der Waals surface area contributed by atoms with E-state index in [0.717, 1.165) is 36.9 Å². The summed E-state index contributed by atoms with van der Waals surface area (Å²) in [6, 6.07) is 11.2. The first-order valence-corrected chi connectivity index (χ1v) is 13.1. The molecule has 1 saturated heterocycles. The van der Waals surface area contributed by atoms with Gasteiger partial charge in [0.15, 0.2) is 0 Å². The van der Waals surface area contributed by atoms with Gasteiger partial charge in [0.25, 0.3) is 0 Å². The Bertz CT molecular complexity index is 1440. The van der Waals surface area contributed by atoms with Crippen LogP contribution in [0.4, 0.5) is 0 Å². The van der Waals surface area contributed by atoms with Crippen molar-refractivity contribution in [3.8, 4) is 11.6 Å². The lowest BCUT2D eigenvalue weighted by atomic mass is 9.88. The molecule has 2 aromatic carbocycles. The number of rotatable bonds is 7. The Morgan fingerprint density at radius 3 is 2.57 bits per heavy atom. The van der Waals surface area contributed by atoms with Gasteiger partial charge in [0.1, 0.15) is 22.7 Å². The summed E-state index contributed by atoms with van der Waals surface area (Å²) in [5, 5.41) is 13.9. The minimum absolute atomic E-state index is 0.0242. The molecule has 0 aliphatic carbocycles. The van der Waals surface area contributed by atoms with Gasteiger partial charge in [-0.15, -0.1) is 0 Å². The molecule has 2 aromatic heterocycles. The molecule has 3 heterocycles. The number of piperidine rings is 1. The van der Waals surface area contributed by atoms with Gasteiger partial charge in [-0.3, -0.25) is 4.90 Å². The van der Waals surface area contributed by atoms with E-state index in [1.807, 2.05) is 50.2 Å². The Morgan fingerprint density at radius 2 is 1.86 bits per heavy atom. The average Bonchev–Trinajstić information content (AvgIpc) is 3.24. The molecule has 0 spiro atoms. The number of phenolic OH excluding ortho intramolecular Hbond substituents is 1. The maximum Gasteiger partial charge on any atom is 0.342 e. The number of fused-ring (bicyclic) bond motifs is 3. The number of carbonyl (C=O) groups is 1. The van der Waals surface area contributed by atoms with Crippen molar-refractivity contribution in [3.05, 3.63) is 65.0 Å². The zero-order valence-corrected chi connectivity index (χ0v) is 21.9. The fraction of sp³-hybridized carbons (Fsp3) is 0.400. The maximum absolute atomic E-state index is 13.2. The quantitative estimate of drug-likeness (QED) is 0.287. The predicted molar refractivity (Wildman–Crippen MR) is 143 cm³/mol. The number of aromatic hydroxyl groups is 1. The van der Waals surface area contributed by atoms with Gasteiger partial charge in [0, 0.05) is 34.0 Å². The van der Waals surface area contributed by atoms with Gasteiger partial charge in [-0.2, -0.15) is 0 Å². The number of aryl methyl sites for hydroxylation is 1. The average molecular weight is 503 g/mol. The fourth-order valence-electron chi connectivity index (χ4n) is 5.50. The number of hydrogen-bond acceptors (Lipinski definition) is 7. The number of likely N-dealkylation sites (tertiary alicyclic amines) is 1. The molecule has 37 heavy (non-hydrogen) atoms. The van der Waals surface area contributed by atoms with E-state index in [2.05, 4.69) is 9.88 Å². The molecule has 4 aromatic rings. The first kappa shape index (κ1) is 25.1. The van der Waals surface area contributed by atoms with Crippen LogP contribution in [0.3, 0.4) is 0 Å². The summed E-state index contributed by atoms with van der Waals surface area (Å²) in [5.74, 6) is 0.695. The first-order valence-electron chi connectivity index (χ1n) is 13.1. The standard InChI is InChI=1S/C30H34N2O5/c1-5-35-30(34)24-19(4)37-29-22-12-8-7-11-21(22)28(33)26(25(24)29)27(32-15-9-6-10-16-32)20-13-14-31-23(17-20)36-18(2)3/h7-8,11-14,17-18,27,33H,5-6,9-10,15-16H2,1-4H3. The number of ether oxygens (including phenoxy) is 2. The molecule has 1 N–H and O–H groups in total. The zero-order chi connectivity index (χ0) is 26.1. The van der Waals surface area contributed by atoms with E-state index in [1.165, 1.54) is 6.42 Å². The molecule has 1 fully saturated rings. The number of hydrogen-bond donors (Lipinski definition) is 1. The summed E-state index contributed by atoms with van der Waals surface area (Å²) >= 11 is 0. The summed E-state index contributed by atoms with van der Waals surface area (Å²) in [6.07, 6.45) is 5.00. The SMILES string of the molecule is CCOC(=O)c1c(C)oc2c1c(C(c1ccnc(OC(C)C)c1)N1CCCCC1)c(O)c1ccccc12. The second-order valence-corrected chi connectivity index (χ2v) is 9.86. The van der Waals surface area contributed by atoms with E-state index in [4.69, 9.17) is 13.9 Å². The zero-order valence-electron chi connectivity index (χ0n) is 21.9. The van der Waals surface area contributed by atoms with Crippen LogP contribution in [0.1, 0.15) is 73.3 Å². The van der Waals surface area contributed by atoms with Crippen molar-refractivity contribution in [2.75, 3.05) is 19.7 Å². The number of esters is 1. The van der Waals surface area contributed by atoms with Crippen molar-refractivity contribution in [1.29, 1.82) is 0 Å². The lowest BCUT2D eigenvalue weighted by Crippen LogP contribution is -2.34. The minimum Gasteiger partial charge on any atom is -0.507 e. The molecule has 5 rings (SSSR count). The summed E-state index contributed by atoms with van der Waals surface area (Å²) in [5.41, 5.74) is 2.53. The largest absolute Gasteiger partial charge is 0.507 e. The van der Waals surface area contributed by atoms with Crippen LogP contribution in [0.25, 0.3) is 21.7 Å². The van der Waals surface area contributed by atoms with E-state index < -0.39 is 5.97 Å². The van der Waals surface area contributed by atoms with E-state index in [9.17, 15) is 9.90 Å². The normalized spacial score (nSPS) is 15.4. The Labute approximate surface area is 217 Å². The number of phenols is 1. The summed E-state index contributed by atoms with van der Waals surface area (Å²) in [6.45, 7) is 9.48. The van der Waals surface area contributed by atoms with Crippen LogP contribution >= 0.6 is 0 Å². The van der Waals surface area contributed by atoms with Crippen molar-refractivity contribution >= 4 is 27.7 Å². The lowest BCUT2D eigenvalue weighted by molar-refractivity contribution is 0.0526. The van der Waals surface area contributed by atoms with Crippen molar-refractivity contribution in [2.24, 2.45) is 0 Å². The van der Waals surface area contributed by atoms with E-state index >= 15 is 0 Å². The molecule has 0 radical (unpaired) electrons. The summed E-state index contributed by atoms with van der Waals surface area (Å²) < 4.78 is 17.6. The van der Waals surface area contributed by atoms with Crippen LogP contribution in [0, 0.1) is 6.92 Å². The topological polar surface area (TPSA) is 85.0 Å². The highest BCUT2D eigenvalue weighted by atomic mass is 16.5. The third-order valence-electron chi connectivity index (χ3n) is 6.98. The van der Waals surface area contributed by atoms with E-state index in [0.29, 0.717) is 39.1 Å². The third-order valence-corrected chi connectivity index (χ3v) is 6.98. The van der Waals surface area contributed by atoms with E-state index in [-0.39, 0.29) is 24.5 Å². The van der Waals surface area contributed by atoms with Gasteiger partial charge < -0.3 is 19.0 Å². The van der Waals surface area contributed by atoms with Crippen LogP contribution in [0.5, 0.6) is 11.6 Å². The molecule has 194 valence electrons. The molecule has 0 amide bonds. The monoisotopic (exact) mass is 502 g/mol. The number of aromatic nitrogens is 1.